The largest absolute Gasteiger partial charge is 0.481 e. The Bertz CT molecular complexity index is 609. The lowest BCUT2D eigenvalue weighted by atomic mass is 10.1. The van der Waals surface area contributed by atoms with Crippen LogP contribution in [0.4, 0.5) is 8.78 Å². The Labute approximate surface area is 113 Å². The van der Waals surface area contributed by atoms with Crippen LogP contribution in [0.25, 0.3) is 11.4 Å². The van der Waals surface area contributed by atoms with Gasteiger partial charge >= 0.3 is 5.97 Å². The second-order valence-corrected chi connectivity index (χ2v) is 4.41. The van der Waals surface area contributed by atoms with Crippen LogP contribution in [-0.2, 0) is 11.3 Å². The molecule has 0 spiro atoms. The molecule has 0 aliphatic rings. The normalized spacial score (nSPS) is 12.3. The highest BCUT2D eigenvalue weighted by atomic mass is 19.1. The van der Waals surface area contributed by atoms with Gasteiger partial charge in [0, 0.05) is 18.2 Å². The number of nitrogens with zero attached hydrogens (tertiary/aromatic N) is 4. The van der Waals surface area contributed by atoms with Gasteiger partial charge in [0.25, 0.3) is 0 Å². The van der Waals surface area contributed by atoms with E-state index in [1.807, 2.05) is 0 Å². The predicted molar refractivity (Wildman–Crippen MR) is 64.6 cm³/mol. The van der Waals surface area contributed by atoms with E-state index in [9.17, 15) is 13.6 Å². The minimum atomic E-state index is -0.920. The summed E-state index contributed by atoms with van der Waals surface area (Å²) in [6.07, 6.45) is 0.311. The lowest BCUT2D eigenvalue weighted by molar-refractivity contribution is -0.141. The van der Waals surface area contributed by atoms with E-state index in [4.69, 9.17) is 5.11 Å². The molecular weight excluding hydrogens is 270 g/mol. The van der Waals surface area contributed by atoms with Gasteiger partial charge < -0.3 is 5.11 Å². The van der Waals surface area contributed by atoms with Crippen LogP contribution in [0.15, 0.2) is 18.2 Å². The molecular formula is C12H12F2N4O2. The molecule has 8 heteroatoms. The standard InChI is InChI=1S/C12H12F2N4O2/c1-7(12(19)20)2-3-18-11(15-16-17-18)8-4-9(13)6-10(14)5-8/h4-7H,2-3H2,1H3,(H,19,20). The van der Waals surface area contributed by atoms with Crippen LogP contribution in [-0.4, -0.2) is 31.3 Å². The molecule has 0 saturated heterocycles. The van der Waals surface area contributed by atoms with Gasteiger partial charge in [-0.15, -0.1) is 5.10 Å². The smallest absolute Gasteiger partial charge is 0.306 e. The SMILES string of the molecule is CC(CCn1nnnc1-c1cc(F)cc(F)c1)C(=O)O. The van der Waals surface area contributed by atoms with Crippen molar-refractivity contribution in [1.82, 2.24) is 20.2 Å². The number of carboxylic acids is 1. The molecule has 1 heterocycles. The Hall–Kier alpha value is -2.38. The zero-order valence-corrected chi connectivity index (χ0v) is 10.6. The zero-order chi connectivity index (χ0) is 14.7. The van der Waals surface area contributed by atoms with Gasteiger partial charge in [-0.25, -0.2) is 13.5 Å². The summed E-state index contributed by atoms with van der Waals surface area (Å²) < 4.78 is 27.7. The van der Waals surface area contributed by atoms with E-state index in [1.165, 1.54) is 4.68 Å². The summed E-state index contributed by atoms with van der Waals surface area (Å²) in [7, 11) is 0. The molecule has 0 aliphatic heterocycles. The van der Waals surface area contributed by atoms with E-state index in [1.54, 1.807) is 6.92 Å². The molecule has 20 heavy (non-hydrogen) atoms. The van der Waals surface area contributed by atoms with E-state index >= 15 is 0 Å². The highest BCUT2D eigenvalue weighted by Crippen LogP contribution is 2.19. The van der Waals surface area contributed by atoms with Crippen molar-refractivity contribution < 1.29 is 18.7 Å². The second-order valence-electron chi connectivity index (χ2n) is 4.41. The van der Waals surface area contributed by atoms with Crippen LogP contribution in [0, 0.1) is 17.6 Å². The molecule has 0 amide bonds. The number of tetrazole rings is 1. The Balaban J connectivity index is 2.22. The van der Waals surface area contributed by atoms with Crippen LogP contribution in [0.1, 0.15) is 13.3 Å². The van der Waals surface area contributed by atoms with Gasteiger partial charge in [-0.05, 0) is 29.0 Å². The summed E-state index contributed by atoms with van der Waals surface area (Å²) >= 11 is 0. The van der Waals surface area contributed by atoms with Gasteiger partial charge in [-0.3, -0.25) is 4.79 Å². The van der Waals surface area contributed by atoms with Crippen LogP contribution in [0.3, 0.4) is 0 Å². The van der Waals surface area contributed by atoms with Gasteiger partial charge in [0.15, 0.2) is 5.82 Å². The van der Waals surface area contributed by atoms with E-state index in [-0.39, 0.29) is 17.9 Å². The summed E-state index contributed by atoms with van der Waals surface area (Å²) in [5.74, 6) is -2.74. The van der Waals surface area contributed by atoms with Crippen molar-refractivity contribution in [2.24, 2.45) is 5.92 Å². The molecule has 1 aromatic carbocycles. The number of halogens is 2. The highest BCUT2D eigenvalue weighted by molar-refractivity contribution is 5.69. The molecule has 0 saturated carbocycles. The van der Waals surface area contributed by atoms with Crippen LogP contribution in [0.5, 0.6) is 0 Å². The molecule has 6 nitrogen and oxygen atoms in total. The Morgan fingerprint density at radius 2 is 2.00 bits per heavy atom. The summed E-state index contributed by atoms with van der Waals surface area (Å²) in [6.45, 7) is 1.81. The van der Waals surface area contributed by atoms with Crippen molar-refractivity contribution in [3.63, 3.8) is 0 Å². The molecule has 0 radical (unpaired) electrons. The Kier molecular flexibility index (Phi) is 4.02. The number of carbonyl (C=O) groups is 1. The number of aryl methyl sites for hydroxylation is 1. The van der Waals surface area contributed by atoms with Gasteiger partial charge in [0.1, 0.15) is 11.6 Å². The first kappa shape index (κ1) is 14.0. The van der Waals surface area contributed by atoms with Crippen molar-refractivity contribution in [3.8, 4) is 11.4 Å². The molecule has 106 valence electrons. The third-order valence-corrected chi connectivity index (χ3v) is 2.85. The average molecular weight is 282 g/mol. The number of aromatic nitrogens is 4. The lowest BCUT2D eigenvalue weighted by Crippen LogP contribution is -2.14. The monoisotopic (exact) mass is 282 g/mol. The molecule has 1 unspecified atom stereocenters. The van der Waals surface area contributed by atoms with Gasteiger partial charge in [0.05, 0.1) is 5.92 Å². The predicted octanol–water partition coefficient (Wildman–Crippen LogP) is 1.73. The summed E-state index contributed by atoms with van der Waals surface area (Å²) in [6, 6.07) is 2.99. The van der Waals surface area contributed by atoms with Gasteiger partial charge in [-0.2, -0.15) is 0 Å². The fraction of sp³-hybridized carbons (Fsp3) is 0.333. The molecule has 1 N–H and O–H groups in total. The van der Waals surface area contributed by atoms with Crippen LogP contribution in [0.2, 0.25) is 0 Å². The maximum atomic E-state index is 13.2. The number of rotatable bonds is 5. The van der Waals surface area contributed by atoms with Crippen LogP contribution < -0.4 is 0 Å². The number of hydrogen-bond donors (Lipinski definition) is 1. The average Bonchev–Trinajstić information content (AvgIpc) is 2.82. The first-order valence-electron chi connectivity index (χ1n) is 5.93. The first-order chi connectivity index (χ1) is 9.47. The maximum absolute atomic E-state index is 13.2. The van der Waals surface area contributed by atoms with Crippen molar-refractivity contribution in [2.75, 3.05) is 0 Å². The van der Waals surface area contributed by atoms with Crippen LogP contribution >= 0.6 is 0 Å². The fourth-order valence-electron chi connectivity index (χ4n) is 1.68. The van der Waals surface area contributed by atoms with Crippen molar-refractivity contribution >= 4 is 5.97 Å². The number of carboxylic acid groups (broad SMARTS) is 1. The van der Waals surface area contributed by atoms with E-state index in [2.05, 4.69) is 15.5 Å². The zero-order valence-electron chi connectivity index (χ0n) is 10.6. The number of aliphatic carboxylic acids is 1. The third-order valence-electron chi connectivity index (χ3n) is 2.85. The van der Waals surface area contributed by atoms with E-state index < -0.39 is 23.5 Å². The molecule has 0 fully saturated rings. The van der Waals surface area contributed by atoms with Gasteiger partial charge in [0.2, 0.25) is 0 Å². The summed E-state index contributed by atoms with van der Waals surface area (Å²) in [5.41, 5.74) is 0.204. The minimum absolute atomic E-state index is 0.195. The summed E-state index contributed by atoms with van der Waals surface area (Å²) in [4.78, 5) is 10.7. The Morgan fingerprint density at radius 3 is 2.60 bits per heavy atom. The molecule has 0 bridgehead atoms. The molecule has 2 aromatic rings. The third kappa shape index (κ3) is 3.14. The number of benzene rings is 1. The maximum Gasteiger partial charge on any atom is 0.306 e. The first-order valence-corrected chi connectivity index (χ1v) is 5.93. The summed E-state index contributed by atoms with van der Waals surface area (Å²) in [5, 5.41) is 19.7. The number of hydrogen-bond acceptors (Lipinski definition) is 4. The van der Waals surface area contributed by atoms with E-state index in [0.717, 1.165) is 18.2 Å². The van der Waals surface area contributed by atoms with Crippen molar-refractivity contribution in [3.05, 3.63) is 29.8 Å². The minimum Gasteiger partial charge on any atom is -0.481 e. The topological polar surface area (TPSA) is 80.9 Å². The van der Waals surface area contributed by atoms with Crippen molar-refractivity contribution in [1.29, 1.82) is 0 Å². The lowest BCUT2D eigenvalue weighted by Gasteiger charge is -2.07. The van der Waals surface area contributed by atoms with E-state index in [0.29, 0.717) is 6.42 Å². The second kappa shape index (κ2) is 5.72. The quantitative estimate of drug-likeness (QED) is 0.903. The Morgan fingerprint density at radius 1 is 1.35 bits per heavy atom. The molecule has 1 atom stereocenters. The fourth-order valence-corrected chi connectivity index (χ4v) is 1.68. The molecule has 0 aliphatic carbocycles. The molecule has 1 aromatic heterocycles. The van der Waals surface area contributed by atoms with Crippen molar-refractivity contribution in [2.45, 2.75) is 19.9 Å². The highest BCUT2D eigenvalue weighted by Gasteiger charge is 2.15. The molecule has 2 rings (SSSR count). The van der Waals surface area contributed by atoms with Gasteiger partial charge in [-0.1, -0.05) is 6.92 Å².